The van der Waals surface area contributed by atoms with E-state index in [2.05, 4.69) is 10.3 Å². The normalized spacial score (nSPS) is 13.6. The Morgan fingerprint density at radius 3 is 2.78 bits per heavy atom. The lowest BCUT2D eigenvalue weighted by atomic mass is 10.2. The molecule has 23 heavy (non-hydrogen) atoms. The minimum Gasteiger partial charge on any atom is -0.329 e. The molecule has 5 nitrogen and oxygen atoms in total. The van der Waals surface area contributed by atoms with Crippen molar-refractivity contribution in [1.82, 2.24) is 9.88 Å². The zero-order chi connectivity index (χ0) is 16.2. The van der Waals surface area contributed by atoms with Crippen LogP contribution in [-0.2, 0) is 4.79 Å². The van der Waals surface area contributed by atoms with Gasteiger partial charge in [0.15, 0.2) is 5.13 Å². The summed E-state index contributed by atoms with van der Waals surface area (Å²) < 4.78 is 0. The largest absolute Gasteiger partial charge is 0.329 e. The Labute approximate surface area is 143 Å². The number of carbonyl (C=O) groups is 2. The molecule has 1 aliphatic carbocycles. The van der Waals surface area contributed by atoms with E-state index in [1.165, 1.54) is 11.3 Å². The Bertz CT molecular complexity index is 701. The summed E-state index contributed by atoms with van der Waals surface area (Å²) in [6.07, 6.45) is 3.82. The highest BCUT2D eigenvalue weighted by Gasteiger charge is 2.29. The van der Waals surface area contributed by atoms with Gasteiger partial charge in [-0.3, -0.25) is 9.59 Å². The lowest BCUT2D eigenvalue weighted by molar-refractivity contribution is -0.116. The predicted molar refractivity (Wildman–Crippen MR) is 90.8 cm³/mol. The molecule has 1 aromatic heterocycles. The monoisotopic (exact) mass is 349 g/mol. The highest BCUT2D eigenvalue weighted by Crippen LogP contribution is 2.30. The maximum Gasteiger partial charge on any atom is 0.255 e. The van der Waals surface area contributed by atoms with Crippen LogP contribution in [0.15, 0.2) is 35.8 Å². The number of rotatable bonds is 6. The number of hydrogen-bond donors (Lipinski definition) is 1. The summed E-state index contributed by atoms with van der Waals surface area (Å²) >= 11 is 7.45. The van der Waals surface area contributed by atoms with E-state index in [-0.39, 0.29) is 18.4 Å². The van der Waals surface area contributed by atoms with E-state index < -0.39 is 0 Å². The summed E-state index contributed by atoms with van der Waals surface area (Å²) in [6, 6.07) is 6.91. The number of aromatic nitrogens is 1. The maximum atomic E-state index is 12.7. The minimum atomic E-state index is -0.249. The lowest BCUT2D eigenvalue weighted by Crippen LogP contribution is -2.39. The van der Waals surface area contributed by atoms with Gasteiger partial charge < -0.3 is 10.2 Å². The van der Waals surface area contributed by atoms with Crippen LogP contribution in [0.4, 0.5) is 5.13 Å². The topological polar surface area (TPSA) is 62.3 Å². The second-order valence-corrected chi connectivity index (χ2v) is 6.80. The molecular weight excluding hydrogens is 334 g/mol. The van der Waals surface area contributed by atoms with Crippen LogP contribution in [0, 0.1) is 5.92 Å². The molecule has 2 amide bonds. The molecule has 0 unspecified atom stereocenters. The summed E-state index contributed by atoms with van der Waals surface area (Å²) in [6.45, 7) is 0.579. The SMILES string of the molecule is O=C(CN(CC1CC1)C(=O)c1ccccc1Cl)Nc1nccs1. The average Bonchev–Trinajstić information content (AvgIpc) is 3.20. The van der Waals surface area contributed by atoms with Crippen molar-refractivity contribution in [3.05, 3.63) is 46.4 Å². The molecule has 7 heteroatoms. The van der Waals surface area contributed by atoms with E-state index in [0.717, 1.165) is 12.8 Å². The molecule has 120 valence electrons. The van der Waals surface area contributed by atoms with E-state index in [1.807, 2.05) is 0 Å². The van der Waals surface area contributed by atoms with Crippen LogP contribution in [-0.4, -0.2) is 34.8 Å². The van der Waals surface area contributed by atoms with Gasteiger partial charge in [-0.15, -0.1) is 11.3 Å². The molecular formula is C16H16ClN3O2S. The van der Waals surface area contributed by atoms with Gasteiger partial charge in [0.2, 0.25) is 5.91 Å². The van der Waals surface area contributed by atoms with Gasteiger partial charge in [-0.25, -0.2) is 4.98 Å². The number of nitrogens with one attached hydrogen (secondary N) is 1. The van der Waals surface area contributed by atoms with Gasteiger partial charge in [0, 0.05) is 18.1 Å². The molecule has 1 N–H and O–H groups in total. The molecule has 0 atom stereocenters. The first kappa shape index (κ1) is 16.0. The van der Waals surface area contributed by atoms with Gasteiger partial charge in [0.05, 0.1) is 10.6 Å². The Hall–Kier alpha value is -1.92. The van der Waals surface area contributed by atoms with Crippen molar-refractivity contribution in [3.8, 4) is 0 Å². The van der Waals surface area contributed by atoms with E-state index >= 15 is 0 Å². The van der Waals surface area contributed by atoms with Crippen molar-refractivity contribution in [2.24, 2.45) is 5.92 Å². The molecule has 3 rings (SSSR count). The molecule has 0 aliphatic heterocycles. The van der Waals surface area contributed by atoms with Crippen molar-refractivity contribution in [3.63, 3.8) is 0 Å². The molecule has 0 saturated heterocycles. The number of carbonyl (C=O) groups excluding carboxylic acids is 2. The summed E-state index contributed by atoms with van der Waals surface area (Å²) in [5, 5.41) is 5.43. The summed E-state index contributed by atoms with van der Waals surface area (Å²) in [7, 11) is 0. The van der Waals surface area contributed by atoms with Crippen LogP contribution in [0.2, 0.25) is 5.02 Å². The fraction of sp³-hybridized carbons (Fsp3) is 0.312. The third-order valence-electron chi connectivity index (χ3n) is 3.58. The van der Waals surface area contributed by atoms with Gasteiger partial charge in [-0.1, -0.05) is 23.7 Å². The van der Waals surface area contributed by atoms with Gasteiger partial charge >= 0.3 is 0 Å². The van der Waals surface area contributed by atoms with Crippen molar-refractivity contribution in [2.75, 3.05) is 18.4 Å². The third-order valence-corrected chi connectivity index (χ3v) is 4.60. The fourth-order valence-electron chi connectivity index (χ4n) is 2.25. The van der Waals surface area contributed by atoms with Crippen molar-refractivity contribution >= 4 is 39.9 Å². The van der Waals surface area contributed by atoms with E-state index in [9.17, 15) is 9.59 Å². The van der Waals surface area contributed by atoms with E-state index in [4.69, 9.17) is 11.6 Å². The number of nitrogens with zero attached hydrogens (tertiary/aromatic N) is 2. The number of amides is 2. The van der Waals surface area contributed by atoms with Gasteiger partial charge in [-0.2, -0.15) is 0 Å². The molecule has 0 bridgehead atoms. The highest BCUT2D eigenvalue weighted by molar-refractivity contribution is 7.13. The Morgan fingerprint density at radius 1 is 1.35 bits per heavy atom. The molecule has 1 aromatic carbocycles. The molecule has 1 saturated carbocycles. The Kier molecular flexibility index (Phi) is 4.93. The molecule has 0 spiro atoms. The lowest BCUT2D eigenvalue weighted by Gasteiger charge is -2.22. The molecule has 1 heterocycles. The van der Waals surface area contributed by atoms with Crippen LogP contribution in [0.1, 0.15) is 23.2 Å². The standard InChI is InChI=1S/C16H16ClN3O2S/c17-13-4-2-1-3-12(13)15(22)20(9-11-5-6-11)10-14(21)19-16-18-7-8-23-16/h1-4,7-8,11H,5-6,9-10H2,(H,18,19,21). The first-order valence-corrected chi connectivity index (χ1v) is 8.62. The third kappa shape index (κ3) is 4.30. The van der Waals surface area contributed by atoms with Gasteiger partial charge in [0.1, 0.15) is 6.54 Å². The first-order chi connectivity index (χ1) is 11.1. The predicted octanol–water partition coefficient (Wildman–Crippen LogP) is 3.29. The quantitative estimate of drug-likeness (QED) is 0.870. The fourth-order valence-corrected chi connectivity index (χ4v) is 3.02. The second kappa shape index (κ2) is 7.10. The molecule has 0 radical (unpaired) electrons. The van der Waals surface area contributed by atoms with Crippen molar-refractivity contribution < 1.29 is 9.59 Å². The van der Waals surface area contributed by atoms with Crippen molar-refractivity contribution in [1.29, 1.82) is 0 Å². The highest BCUT2D eigenvalue weighted by atomic mass is 35.5. The number of hydrogen-bond acceptors (Lipinski definition) is 4. The second-order valence-electron chi connectivity index (χ2n) is 5.49. The van der Waals surface area contributed by atoms with Crippen LogP contribution < -0.4 is 5.32 Å². The van der Waals surface area contributed by atoms with Crippen LogP contribution in [0.5, 0.6) is 0 Å². The van der Waals surface area contributed by atoms with Crippen LogP contribution in [0.3, 0.4) is 0 Å². The van der Waals surface area contributed by atoms with E-state index in [1.54, 1.807) is 40.7 Å². The summed E-state index contributed by atoms with van der Waals surface area (Å²) in [5.74, 6) is 0.0203. The molecule has 2 aromatic rings. The van der Waals surface area contributed by atoms with E-state index in [0.29, 0.717) is 28.2 Å². The number of anilines is 1. The first-order valence-electron chi connectivity index (χ1n) is 7.36. The average molecular weight is 350 g/mol. The summed E-state index contributed by atoms with van der Waals surface area (Å²) in [5.41, 5.74) is 0.428. The molecule has 1 aliphatic rings. The van der Waals surface area contributed by atoms with Crippen LogP contribution >= 0.6 is 22.9 Å². The summed E-state index contributed by atoms with van der Waals surface area (Å²) in [4.78, 5) is 30.5. The van der Waals surface area contributed by atoms with Gasteiger partial charge in [0.25, 0.3) is 5.91 Å². The number of benzene rings is 1. The molecule has 1 fully saturated rings. The van der Waals surface area contributed by atoms with Crippen LogP contribution in [0.25, 0.3) is 0 Å². The zero-order valence-electron chi connectivity index (χ0n) is 12.4. The van der Waals surface area contributed by atoms with Crippen molar-refractivity contribution in [2.45, 2.75) is 12.8 Å². The Morgan fingerprint density at radius 2 is 2.13 bits per heavy atom. The zero-order valence-corrected chi connectivity index (χ0v) is 13.9. The maximum absolute atomic E-state index is 12.7. The number of halogens is 1. The van der Waals surface area contributed by atoms with Gasteiger partial charge in [-0.05, 0) is 30.9 Å². The minimum absolute atomic E-state index is 0.000135. The smallest absolute Gasteiger partial charge is 0.255 e. The number of thiazole rings is 1. The Balaban J connectivity index is 1.70.